The fourth-order valence-corrected chi connectivity index (χ4v) is 0.0999. The third kappa shape index (κ3) is 4.85. The summed E-state index contributed by atoms with van der Waals surface area (Å²) in [5.74, 6) is -1.12. The van der Waals surface area contributed by atoms with Gasteiger partial charge in [0, 0.05) is 0 Å². The first kappa shape index (κ1) is 5.85. The Morgan fingerprint density at radius 1 is 1.86 bits per heavy atom. The number of carboxylic acid groups (broad SMARTS) is 1. The molecule has 4 heteroatoms. The van der Waals surface area contributed by atoms with Crippen molar-refractivity contribution < 1.29 is 14.7 Å². The molecule has 0 amide bonds. The summed E-state index contributed by atoms with van der Waals surface area (Å²) in [6.07, 6.45) is 1.09. The molecule has 0 fully saturated rings. The number of hydrogen-bond donors (Lipinski definition) is 1. The average Bonchev–Trinajstić information content (AvgIpc) is 1.61. The highest BCUT2D eigenvalue weighted by Gasteiger charge is 1.87. The molecule has 4 nitrogen and oxygen atoms in total. The van der Waals surface area contributed by atoms with Crippen molar-refractivity contribution in [3.05, 3.63) is 0 Å². The second-order valence-corrected chi connectivity index (χ2v) is 0.801. The van der Waals surface area contributed by atoms with Crippen LogP contribution in [0.1, 0.15) is 0 Å². The van der Waals surface area contributed by atoms with E-state index < -0.39 is 12.5 Å². The number of aliphatic imine (C=N–C) groups is 1. The van der Waals surface area contributed by atoms with Gasteiger partial charge in [0.1, 0.15) is 6.54 Å². The standard InChI is InChI=1S/C3H3NO3/c5-2-4-1-3(6)7/h1H2,(H,6,7). The van der Waals surface area contributed by atoms with E-state index in [9.17, 15) is 4.79 Å². The molecule has 0 heterocycles. The molecule has 7 heavy (non-hydrogen) atoms. The highest BCUT2D eigenvalue weighted by Crippen LogP contribution is 1.62. The summed E-state index contributed by atoms with van der Waals surface area (Å²) in [4.78, 5) is 21.4. The minimum absolute atomic E-state index is 0.483. The first-order chi connectivity index (χ1) is 3.27. The first-order valence-corrected chi connectivity index (χ1v) is 1.53. The Balaban J connectivity index is 3.32. The van der Waals surface area contributed by atoms with Crippen molar-refractivity contribution in [2.45, 2.75) is 0 Å². The van der Waals surface area contributed by atoms with Crippen LogP contribution in [0.15, 0.2) is 4.99 Å². The maximum Gasteiger partial charge on any atom is 0.326 e. The smallest absolute Gasteiger partial charge is 0.326 e. The lowest BCUT2D eigenvalue weighted by Crippen LogP contribution is -1.97. The van der Waals surface area contributed by atoms with Gasteiger partial charge in [-0.25, -0.2) is 4.79 Å². The molecule has 0 aliphatic carbocycles. The van der Waals surface area contributed by atoms with Gasteiger partial charge in [-0.15, -0.1) is 0 Å². The van der Waals surface area contributed by atoms with E-state index in [-0.39, 0.29) is 0 Å². The molecule has 0 aliphatic heterocycles. The summed E-state index contributed by atoms with van der Waals surface area (Å²) >= 11 is 0. The van der Waals surface area contributed by atoms with Crippen molar-refractivity contribution in [3.63, 3.8) is 0 Å². The lowest BCUT2D eigenvalue weighted by molar-refractivity contribution is -0.135. The van der Waals surface area contributed by atoms with Gasteiger partial charge in [0.15, 0.2) is 0 Å². The molecule has 38 valence electrons. The molecular formula is C3H3NO3. The van der Waals surface area contributed by atoms with Gasteiger partial charge in [-0.2, -0.15) is 4.99 Å². The average molecular weight is 101 g/mol. The monoisotopic (exact) mass is 101 g/mol. The van der Waals surface area contributed by atoms with E-state index in [1.807, 2.05) is 0 Å². The number of carbonyl (C=O) groups is 1. The Morgan fingerprint density at radius 2 is 2.43 bits per heavy atom. The Labute approximate surface area is 39.5 Å². The Hall–Kier alpha value is -1.15. The molecule has 0 aromatic carbocycles. The summed E-state index contributed by atoms with van der Waals surface area (Å²) in [6.45, 7) is -0.483. The zero-order chi connectivity index (χ0) is 5.70. The van der Waals surface area contributed by atoms with E-state index in [2.05, 4.69) is 4.99 Å². The molecule has 0 atom stereocenters. The van der Waals surface area contributed by atoms with E-state index in [4.69, 9.17) is 9.90 Å². The summed E-state index contributed by atoms with van der Waals surface area (Å²) in [5.41, 5.74) is 0. The van der Waals surface area contributed by atoms with E-state index in [1.165, 1.54) is 0 Å². The van der Waals surface area contributed by atoms with Crippen molar-refractivity contribution in [3.8, 4) is 0 Å². The lowest BCUT2D eigenvalue weighted by atomic mass is 10.7. The van der Waals surface area contributed by atoms with Crippen molar-refractivity contribution in [2.75, 3.05) is 6.54 Å². The Morgan fingerprint density at radius 3 is 2.57 bits per heavy atom. The third-order valence-electron chi connectivity index (χ3n) is 0.279. The van der Waals surface area contributed by atoms with Crippen LogP contribution in [-0.4, -0.2) is 23.7 Å². The van der Waals surface area contributed by atoms with Crippen LogP contribution in [0.4, 0.5) is 0 Å². The summed E-state index contributed by atoms with van der Waals surface area (Å²) < 4.78 is 0. The van der Waals surface area contributed by atoms with Gasteiger partial charge >= 0.3 is 5.97 Å². The zero-order valence-electron chi connectivity index (χ0n) is 3.42. The Kier molecular flexibility index (Phi) is 2.55. The first-order valence-electron chi connectivity index (χ1n) is 1.53. The van der Waals surface area contributed by atoms with Crippen molar-refractivity contribution >= 4 is 12.0 Å². The maximum atomic E-state index is 9.49. The molecular weight excluding hydrogens is 98.0 g/mol. The Bertz CT molecular complexity index is 113. The molecule has 0 aromatic rings. The van der Waals surface area contributed by atoms with E-state index in [0.29, 0.717) is 0 Å². The molecule has 0 saturated carbocycles. The van der Waals surface area contributed by atoms with Crippen LogP contribution in [0.25, 0.3) is 0 Å². The predicted octanol–water partition coefficient (Wildman–Crippen LogP) is -0.593. The SMILES string of the molecule is O=C=NCC(=O)O. The fraction of sp³-hybridized carbons (Fsp3) is 0.333. The minimum Gasteiger partial charge on any atom is -0.480 e. The molecule has 0 saturated heterocycles. The van der Waals surface area contributed by atoms with E-state index >= 15 is 0 Å². The van der Waals surface area contributed by atoms with Crippen molar-refractivity contribution in [1.82, 2.24) is 0 Å². The summed E-state index contributed by atoms with van der Waals surface area (Å²) in [6, 6.07) is 0. The number of carboxylic acids is 1. The molecule has 0 radical (unpaired) electrons. The van der Waals surface area contributed by atoms with Gasteiger partial charge in [0.2, 0.25) is 6.08 Å². The van der Waals surface area contributed by atoms with Crippen LogP contribution >= 0.6 is 0 Å². The highest BCUT2D eigenvalue weighted by atomic mass is 16.4. The molecule has 0 spiro atoms. The molecule has 0 aliphatic rings. The van der Waals surface area contributed by atoms with Crippen LogP contribution in [0.3, 0.4) is 0 Å². The fourth-order valence-electron chi connectivity index (χ4n) is 0.0999. The van der Waals surface area contributed by atoms with Crippen LogP contribution in [-0.2, 0) is 9.59 Å². The molecule has 0 aromatic heterocycles. The summed E-state index contributed by atoms with van der Waals surface area (Å²) in [5, 5.41) is 7.77. The van der Waals surface area contributed by atoms with Gasteiger partial charge in [-0.3, -0.25) is 4.79 Å². The maximum absolute atomic E-state index is 9.49. The minimum atomic E-state index is -1.12. The van der Waals surface area contributed by atoms with Gasteiger partial charge in [0.05, 0.1) is 0 Å². The largest absolute Gasteiger partial charge is 0.480 e. The number of carbonyl (C=O) groups excluding carboxylic acids is 1. The van der Waals surface area contributed by atoms with Crippen LogP contribution in [0.5, 0.6) is 0 Å². The second-order valence-electron chi connectivity index (χ2n) is 0.801. The quantitative estimate of drug-likeness (QED) is 0.373. The molecule has 1 N–H and O–H groups in total. The van der Waals surface area contributed by atoms with Crippen LogP contribution in [0, 0.1) is 0 Å². The van der Waals surface area contributed by atoms with Gasteiger partial charge in [-0.1, -0.05) is 0 Å². The second kappa shape index (κ2) is 3.06. The van der Waals surface area contributed by atoms with E-state index in [1.54, 1.807) is 0 Å². The number of isocyanates is 1. The number of aliphatic carboxylic acids is 1. The predicted molar refractivity (Wildman–Crippen MR) is 20.6 cm³/mol. The van der Waals surface area contributed by atoms with Crippen LogP contribution < -0.4 is 0 Å². The zero-order valence-corrected chi connectivity index (χ0v) is 3.42. The van der Waals surface area contributed by atoms with Gasteiger partial charge < -0.3 is 5.11 Å². The van der Waals surface area contributed by atoms with Crippen molar-refractivity contribution in [2.24, 2.45) is 4.99 Å². The van der Waals surface area contributed by atoms with Crippen molar-refractivity contribution in [1.29, 1.82) is 0 Å². The number of nitrogens with zero attached hydrogens (tertiary/aromatic N) is 1. The topological polar surface area (TPSA) is 66.7 Å². The third-order valence-corrected chi connectivity index (χ3v) is 0.279. The number of rotatable bonds is 2. The summed E-state index contributed by atoms with van der Waals surface area (Å²) in [7, 11) is 0. The normalized spacial score (nSPS) is 6.86. The molecule has 0 rings (SSSR count). The van der Waals surface area contributed by atoms with Crippen LogP contribution in [0.2, 0.25) is 0 Å². The molecule has 0 bridgehead atoms. The highest BCUT2D eigenvalue weighted by molar-refractivity contribution is 5.70. The van der Waals surface area contributed by atoms with E-state index in [0.717, 1.165) is 6.08 Å². The molecule has 0 unspecified atom stereocenters. The van der Waals surface area contributed by atoms with Gasteiger partial charge in [0.25, 0.3) is 0 Å². The van der Waals surface area contributed by atoms with Gasteiger partial charge in [-0.05, 0) is 0 Å². The number of hydrogen-bond acceptors (Lipinski definition) is 3. The lowest BCUT2D eigenvalue weighted by Gasteiger charge is -1.73.